The molecular formula is C33H36ClF2N7O3. The normalized spacial score (nSPS) is 21.5. The van der Waals surface area contributed by atoms with Gasteiger partial charge in [0.1, 0.15) is 12.4 Å². The number of hydrogen-bond acceptors (Lipinski definition) is 9. The third-order valence-electron chi connectivity index (χ3n) is 9.00. The number of rotatable bonds is 8. The number of likely N-dealkylation sites (N-methyl/N-ethyl adjacent to an activating group) is 1. The minimum atomic E-state index is -2.77. The average molecular weight is 652 g/mol. The molecule has 0 unspecified atom stereocenters. The number of aliphatic hydroxyl groups excluding tert-OH is 1. The van der Waals surface area contributed by atoms with Crippen LogP contribution in [0.15, 0.2) is 48.6 Å². The Labute approximate surface area is 271 Å². The van der Waals surface area contributed by atoms with Gasteiger partial charge in [0.05, 0.1) is 48.9 Å². The number of likely N-dealkylation sites (tertiary alicyclic amines) is 1. The molecule has 4 heterocycles. The first-order chi connectivity index (χ1) is 22.2. The van der Waals surface area contributed by atoms with E-state index >= 15 is 0 Å². The van der Waals surface area contributed by atoms with Crippen molar-refractivity contribution in [1.29, 1.82) is 5.26 Å². The zero-order valence-electron chi connectivity index (χ0n) is 25.6. The van der Waals surface area contributed by atoms with Crippen LogP contribution >= 0.6 is 11.6 Å². The number of benzene rings is 2. The molecule has 46 heavy (non-hydrogen) atoms. The second kappa shape index (κ2) is 13.4. The van der Waals surface area contributed by atoms with Gasteiger partial charge in [-0.15, -0.1) is 0 Å². The summed E-state index contributed by atoms with van der Waals surface area (Å²) in [6, 6.07) is 13.3. The highest BCUT2D eigenvalue weighted by Gasteiger charge is 2.43. The molecule has 0 saturated carbocycles. The maximum atomic E-state index is 14.1. The number of amides is 1. The van der Waals surface area contributed by atoms with E-state index in [0.29, 0.717) is 50.0 Å². The van der Waals surface area contributed by atoms with Gasteiger partial charge in [-0.25, -0.2) is 8.78 Å². The fraction of sp³-hybridized carbons (Fsp3) is 0.455. The minimum Gasteiger partial charge on any atom is -0.462 e. The SMILES string of the molecule is CN1CC(F)(F)C[C@H]1COc1nc2c(c(N3CCN(C(=O)/C=C/CO)[C@@H](CC#N)C3)n1)CCN(c1cccc3cccc(Cl)c13)C2. The first-order valence-corrected chi connectivity index (χ1v) is 15.8. The maximum absolute atomic E-state index is 14.1. The number of carbonyl (C=O) groups is 1. The van der Waals surface area contributed by atoms with Crippen LogP contribution in [-0.2, 0) is 17.8 Å². The number of piperazine rings is 1. The summed E-state index contributed by atoms with van der Waals surface area (Å²) in [6.45, 7) is 1.78. The summed E-state index contributed by atoms with van der Waals surface area (Å²) in [5.41, 5.74) is 2.71. The van der Waals surface area contributed by atoms with Crippen LogP contribution < -0.4 is 14.5 Å². The summed E-state index contributed by atoms with van der Waals surface area (Å²) in [7, 11) is 1.66. The van der Waals surface area contributed by atoms with Crippen LogP contribution in [-0.4, -0.2) is 102 Å². The Balaban J connectivity index is 1.32. The Morgan fingerprint density at radius 2 is 1.98 bits per heavy atom. The van der Waals surface area contributed by atoms with Crippen molar-refractivity contribution in [1.82, 2.24) is 19.8 Å². The number of nitrogens with zero attached hydrogens (tertiary/aromatic N) is 7. The largest absolute Gasteiger partial charge is 0.462 e. The Morgan fingerprint density at radius 1 is 1.17 bits per heavy atom. The summed E-state index contributed by atoms with van der Waals surface area (Å²) in [6.07, 6.45) is 3.17. The van der Waals surface area contributed by atoms with E-state index in [-0.39, 0.29) is 44.5 Å². The van der Waals surface area contributed by atoms with Gasteiger partial charge in [-0.1, -0.05) is 41.9 Å². The monoisotopic (exact) mass is 651 g/mol. The summed E-state index contributed by atoms with van der Waals surface area (Å²) < 4.78 is 34.2. The van der Waals surface area contributed by atoms with E-state index in [4.69, 9.17) is 31.4 Å². The lowest BCUT2D eigenvalue weighted by Gasteiger charge is -2.42. The number of fused-ring (bicyclic) bond motifs is 2. The van der Waals surface area contributed by atoms with Gasteiger partial charge in [-0.3, -0.25) is 9.69 Å². The Hall–Kier alpha value is -4.05. The highest BCUT2D eigenvalue weighted by atomic mass is 35.5. The zero-order chi connectivity index (χ0) is 32.4. The van der Waals surface area contributed by atoms with Crippen LogP contribution in [0.25, 0.3) is 10.8 Å². The third kappa shape index (κ3) is 6.58. The van der Waals surface area contributed by atoms with Gasteiger partial charge in [-0.05, 0) is 31.0 Å². The van der Waals surface area contributed by atoms with Crippen molar-refractivity contribution in [2.75, 3.05) is 62.8 Å². The number of halogens is 3. The molecule has 6 rings (SSSR count). The number of hydrogen-bond donors (Lipinski definition) is 1. The van der Waals surface area contributed by atoms with Crippen LogP contribution in [0.5, 0.6) is 6.01 Å². The topological polar surface area (TPSA) is 109 Å². The number of aliphatic hydroxyl groups is 1. The molecule has 3 aliphatic heterocycles. The van der Waals surface area contributed by atoms with E-state index in [1.807, 2.05) is 36.4 Å². The fourth-order valence-electron chi connectivity index (χ4n) is 6.74. The van der Waals surface area contributed by atoms with E-state index in [1.165, 1.54) is 12.2 Å². The molecule has 242 valence electrons. The highest BCUT2D eigenvalue weighted by Crippen LogP contribution is 2.38. The molecule has 0 aliphatic carbocycles. The molecular weight excluding hydrogens is 616 g/mol. The molecule has 13 heteroatoms. The summed E-state index contributed by atoms with van der Waals surface area (Å²) in [5, 5.41) is 21.4. The Kier molecular flexibility index (Phi) is 9.27. The van der Waals surface area contributed by atoms with Gasteiger partial charge in [0.2, 0.25) is 5.91 Å². The molecule has 1 aromatic heterocycles. The van der Waals surface area contributed by atoms with Crippen LogP contribution in [0.4, 0.5) is 20.3 Å². The van der Waals surface area contributed by atoms with Crippen molar-refractivity contribution in [3.05, 3.63) is 64.8 Å². The van der Waals surface area contributed by atoms with Gasteiger partial charge in [0, 0.05) is 61.4 Å². The van der Waals surface area contributed by atoms with Crippen LogP contribution in [0.2, 0.25) is 5.02 Å². The van der Waals surface area contributed by atoms with Crippen molar-refractivity contribution < 1.29 is 23.4 Å². The standard InChI is InChI=1S/C33H36ClF2N7O3/c1-40-21-33(35,36)17-24(40)20-46-32-38-27-19-41(28-8-3-6-22-5-2-7-26(34)30(22)28)13-11-25(27)31(39-32)42-14-15-43(23(18-42)10-12-37)29(45)9-4-16-44/h2-9,23-24,44H,10-11,13-21H2,1H3/b9-4+/t23-,24-/m0/s1. The number of ether oxygens (including phenoxy) is 1. The summed E-state index contributed by atoms with van der Waals surface area (Å²) in [4.78, 5) is 30.0. The number of aromatic nitrogens is 2. The predicted molar refractivity (Wildman–Crippen MR) is 171 cm³/mol. The first-order valence-electron chi connectivity index (χ1n) is 15.4. The van der Waals surface area contributed by atoms with Crippen LogP contribution in [0, 0.1) is 11.3 Å². The lowest BCUT2D eigenvalue weighted by atomic mass is 10.0. The molecule has 1 amide bonds. The Bertz CT molecular complexity index is 1680. The molecule has 2 atom stereocenters. The quantitative estimate of drug-likeness (QED) is 0.361. The van der Waals surface area contributed by atoms with E-state index in [9.17, 15) is 18.8 Å². The van der Waals surface area contributed by atoms with Gasteiger partial charge in [-0.2, -0.15) is 15.2 Å². The molecule has 0 radical (unpaired) electrons. The van der Waals surface area contributed by atoms with Gasteiger partial charge in [0.25, 0.3) is 5.92 Å². The Morgan fingerprint density at radius 3 is 2.72 bits per heavy atom. The van der Waals surface area contributed by atoms with Crippen molar-refractivity contribution in [3.63, 3.8) is 0 Å². The fourth-order valence-corrected chi connectivity index (χ4v) is 7.02. The average Bonchev–Trinajstić information content (AvgIpc) is 3.32. The van der Waals surface area contributed by atoms with E-state index < -0.39 is 18.0 Å². The highest BCUT2D eigenvalue weighted by molar-refractivity contribution is 6.36. The molecule has 3 aliphatic rings. The molecule has 0 spiro atoms. The first kappa shape index (κ1) is 31.9. The van der Waals surface area contributed by atoms with E-state index in [2.05, 4.69) is 15.9 Å². The third-order valence-corrected chi connectivity index (χ3v) is 9.31. The van der Waals surface area contributed by atoms with Crippen molar-refractivity contribution in [2.45, 2.75) is 43.8 Å². The second-order valence-electron chi connectivity index (χ2n) is 12.1. The molecule has 0 bridgehead atoms. The lowest BCUT2D eigenvalue weighted by Crippen LogP contribution is -2.55. The van der Waals surface area contributed by atoms with Crippen LogP contribution in [0.1, 0.15) is 24.1 Å². The molecule has 3 aromatic rings. The van der Waals surface area contributed by atoms with Crippen LogP contribution in [0.3, 0.4) is 0 Å². The van der Waals surface area contributed by atoms with Crippen molar-refractivity contribution in [3.8, 4) is 12.1 Å². The molecule has 10 nitrogen and oxygen atoms in total. The van der Waals surface area contributed by atoms with E-state index in [1.54, 1.807) is 16.8 Å². The maximum Gasteiger partial charge on any atom is 0.318 e. The van der Waals surface area contributed by atoms with Gasteiger partial charge < -0.3 is 24.5 Å². The number of anilines is 2. The molecule has 2 saturated heterocycles. The van der Waals surface area contributed by atoms with Gasteiger partial charge in [0.15, 0.2) is 0 Å². The van der Waals surface area contributed by atoms with Crippen molar-refractivity contribution in [2.24, 2.45) is 0 Å². The van der Waals surface area contributed by atoms with E-state index in [0.717, 1.165) is 27.7 Å². The van der Waals surface area contributed by atoms with Gasteiger partial charge >= 0.3 is 6.01 Å². The van der Waals surface area contributed by atoms with Crippen molar-refractivity contribution >= 4 is 39.8 Å². The summed E-state index contributed by atoms with van der Waals surface area (Å²) in [5.74, 6) is -2.37. The summed E-state index contributed by atoms with van der Waals surface area (Å²) >= 11 is 6.67. The predicted octanol–water partition coefficient (Wildman–Crippen LogP) is 4.04. The lowest BCUT2D eigenvalue weighted by molar-refractivity contribution is -0.128. The number of carbonyl (C=O) groups excluding carboxylic acids is 1. The molecule has 2 aromatic carbocycles. The minimum absolute atomic E-state index is 0.0174. The molecule has 1 N–H and O–H groups in total. The second-order valence-corrected chi connectivity index (χ2v) is 12.5. The zero-order valence-corrected chi connectivity index (χ0v) is 26.3. The number of alkyl halides is 2. The smallest absolute Gasteiger partial charge is 0.318 e. The molecule has 2 fully saturated rings. The number of nitriles is 1.